The van der Waals surface area contributed by atoms with Gasteiger partial charge in [0.2, 0.25) is 0 Å². The van der Waals surface area contributed by atoms with Gasteiger partial charge in [-0.25, -0.2) is 0 Å². The summed E-state index contributed by atoms with van der Waals surface area (Å²) < 4.78 is 0. The lowest BCUT2D eigenvalue weighted by atomic mass is 10.1. The highest BCUT2D eigenvalue weighted by Crippen LogP contribution is 2.19. The average Bonchev–Trinajstić information content (AvgIpc) is 2.99. The molecule has 3 rings (SSSR count). The van der Waals surface area contributed by atoms with E-state index in [0.717, 1.165) is 22.9 Å². The number of H-pyrrole nitrogens is 1. The van der Waals surface area contributed by atoms with E-state index < -0.39 is 0 Å². The Morgan fingerprint density at radius 3 is 2.70 bits per heavy atom. The molecule has 1 aromatic heterocycles. The molecular formula is C19H21N3O. The predicted octanol–water partition coefficient (Wildman–Crippen LogP) is 3.58. The number of likely N-dealkylation sites (N-methyl/N-ethyl adjacent to an activating group) is 1. The fourth-order valence-corrected chi connectivity index (χ4v) is 2.75. The number of carbonyl (C=O) groups excluding carboxylic acids is 1. The van der Waals surface area contributed by atoms with Crippen LogP contribution in [0.3, 0.4) is 0 Å². The van der Waals surface area contributed by atoms with E-state index in [4.69, 9.17) is 0 Å². The highest BCUT2D eigenvalue weighted by molar-refractivity contribution is 6.04. The van der Waals surface area contributed by atoms with Crippen LogP contribution in [-0.4, -0.2) is 34.1 Å². The Morgan fingerprint density at radius 1 is 1.17 bits per heavy atom. The van der Waals surface area contributed by atoms with Crippen LogP contribution in [-0.2, 0) is 6.42 Å². The van der Waals surface area contributed by atoms with Gasteiger partial charge in [-0.3, -0.25) is 9.89 Å². The number of hydrogen-bond acceptors (Lipinski definition) is 2. The maximum absolute atomic E-state index is 12.8. The normalized spacial score (nSPS) is 10.9. The zero-order chi connectivity index (χ0) is 16.2. The van der Waals surface area contributed by atoms with Crippen molar-refractivity contribution in [3.05, 3.63) is 65.4 Å². The average molecular weight is 307 g/mol. The zero-order valence-corrected chi connectivity index (χ0v) is 13.5. The Morgan fingerprint density at radius 2 is 1.96 bits per heavy atom. The lowest BCUT2D eigenvalue weighted by Gasteiger charge is -2.20. The van der Waals surface area contributed by atoms with E-state index >= 15 is 0 Å². The molecule has 0 aliphatic heterocycles. The van der Waals surface area contributed by atoms with E-state index in [-0.39, 0.29) is 5.91 Å². The summed E-state index contributed by atoms with van der Waals surface area (Å²) in [6, 6.07) is 16.2. The van der Waals surface area contributed by atoms with Gasteiger partial charge in [0.05, 0.1) is 5.52 Å². The first-order valence-electron chi connectivity index (χ1n) is 7.97. The van der Waals surface area contributed by atoms with E-state index in [1.54, 1.807) is 0 Å². The van der Waals surface area contributed by atoms with Crippen LogP contribution in [0.2, 0.25) is 0 Å². The minimum absolute atomic E-state index is 0.0136. The number of aromatic amines is 1. The summed E-state index contributed by atoms with van der Waals surface area (Å²) in [6.07, 6.45) is 0.849. The SMILES string of the molecule is CCN(CCc1ccccc1)C(=O)c1n[nH]c2ccc(C)cc12. The highest BCUT2D eigenvalue weighted by Gasteiger charge is 2.19. The second-order valence-corrected chi connectivity index (χ2v) is 5.74. The van der Waals surface area contributed by atoms with Crippen molar-refractivity contribution in [2.75, 3.05) is 13.1 Å². The first kappa shape index (κ1) is 15.3. The molecule has 4 nitrogen and oxygen atoms in total. The summed E-state index contributed by atoms with van der Waals surface area (Å²) in [5, 5.41) is 8.09. The molecule has 1 amide bonds. The number of hydrogen-bond donors (Lipinski definition) is 1. The first-order chi connectivity index (χ1) is 11.2. The van der Waals surface area contributed by atoms with Crippen molar-refractivity contribution >= 4 is 16.8 Å². The standard InChI is InChI=1S/C19H21N3O/c1-3-22(12-11-15-7-5-4-6-8-15)19(23)18-16-13-14(2)9-10-17(16)20-21-18/h4-10,13H,3,11-12H2,1-2H3,(H,20,21). The molecule has 4 heteroatoms. The van der Waals surface area contributed by atoms with E-state index in [0.29, 0.717) is 18.8 Å². The van der Waals surface area contributed by atoms with E-state index in [9.17, 15) is 4.79 Å². The smallest absolute Gasteiger partial charge is 0.274 e. The number of rotatable bonds is 5. The van der Waals surface area contributed by atoms with Crippen molar-refractivity contribution in [3.63, 3.8) is 0 Å². The molecule has 0 unspecified atom stereocenters. The fraction of sp³-hybridized carbons (Fsp3) is 0.263. The van der Waals surface area contributed by atoms with Crippen molar-refractivity contribution in [3.8, 4) is 0 Å². The van der Waals surface area contributed by atoms with Crippen LogP contribution >= 0.6 is 0 Å². The summed E-state index contributed by atoms with van der Waals surface area (Å²) in [5.41, 5.74) is 3.78. The minimum Gasteiger partial charge on any atom is -0.337 e. The number of amides is 1. The van der Waals surface area contributed by atoms with Gasteiger partial charge in [-0.05, 0) is 38.0 Å². The summed E-state index contributed by atoms with van der Waals surface area (Å²) in [6.45, 7) is 5.39. The number of nitrogens with one attached hydrogen (secondary N) is 1. The molecule has 3 aromatic rings. The van der Waals surface area contributed by atoms with Gasteiger partial charge < -0.3 is 4.90 Å². The van der Waals surface area contributed by atoms with E-state index in [1.165, 1.54) is 5.56 Å². The molecule has 0 radical (unpaired) electrons. The molecule has 23 heavy (non-hydrogen) atoms. The maximum Gasteiger partial charge on any atom is 0.274 e. The zero-order valence-electron chi connectivity index (χ0n) is 13.5. The van der Waals surface area contributed by atoms with Gasteiger partial charge in [0, 0.05) is 18.5 Å². The molecule has 0 fully saturated rings. The second-order valence-electron chi connectivity index (χ2n) is 5.74. The fourth-order valence-electron chi connectivity index (χ4n) is 2.75. The third kappa shape index (κ3) is 3.26. The van der Waals surface area contributed by atoms with Gasteiger partial charge in [0.1, 0.15) is 0 Å². The van der Waals surface area contributed by atoms with Gasteiger partial charge >= 0.3 is 0 Å². The summed E-state index contributed by atoms with van der Waals surface area (Å²) >= 11 is 0. The van der Waals surface area contributed by atoms with Crippen molar-refractivity contribution in [2.24, 2.45) is 0 Å². The quantitative estimate of drug-likeness (QED) is 0.783. The monoisotopic (exact) mass is 307 g/mol. The van der Waals surface area contributed by atoms with Gasteiger partial charge in [-0.15, -0.1) is 0 Å². The lowest BCUT2D eigenvalue weighted by Crippen LogP contribution is -2.33. The van der Waals surface area contributed by atoms with Crippen molar-refractivity contribution in [1.29, 1.82) is 0 Å². The van der Waals surface area contributed by atoms with Gasteiger partial charge in [0.25, 0.3) is 5.91 Å². The number of carbonyl (C=O) groups is 1. The molecule has 118 valence electrons. The Labute approximate surface area is 136 Å². The molecule has 1 heterocycles. The number of nitrogens with zero attached hydrogens (tertiary/aromatic N) is 2. The highest BCUT2D eigenvalue weighted by atomic mass is 16.2. The molecule has 0 saturated heterocycles. The number of aryl methyl sites for hydroxylation is 1. The first-order valence-corrected chi connectivity index (χ1v) is 7.97. The van der Waals surface area contributed by atoms with E-state index in [1.807, 2.05) is 55.1 Å². The van der Waals surface area contributed by atoms with Gasteiger partial charge in [0.15, 0.2) is 5.69 Å². The Kier molecular flexibility index (Phi) is 4.42. The van der Waals surface area contributed by atoms with Crippen LogP contribution < -0.4 is 0 Å². The van der Waals surface area contributed by atoms with Gasteiger partial charge in [-0.2, -0.15) is 5.10 Å². The third-order valence-electron chi connectivity index (χ3n) is 4.10. The van der Waals surface area contributed by atoms with Crippen molar-refractivity contribution in [1.82, 2.24) is 15.1 Å². The van der Waals surface area contributed by atoms with Crippen LogP contribution in [0, 0.1) is 6.92 Å². The third-order valence-corrected chi connectivity index (χ3v) is 4.10. The summed E-state index contributed by atoms with van der Waals surface area (Å²) in [7, 11) is 0. The van der Waals surface area contributed by atoms with Crippen LogP contribution in [0.25, 0.3) is 10.9 Å². The van der Waals surface area contributed by atoms with Crippen LogP contribution in [0.1, 0.15) is 28.5 Å². The molecule has 0 aliphatic carbocycles. The largest absolute Gasteiger partial charge is 0.337 e. The summed E-state index contributed by atoms with van der Waals surface area (Å²) in [5.74, 6) is -0.0136. The number of fused-ring (bicyclic) bond motifs is 1. The van der Waals surface area contributed by atoms with E-state index in [2.05, 4.69) is 22.3 Å². The number of aromatic nitrogens is 2. The van der Waals surface area contributed by atoms with Crippen molar-refractivity contribution < 1.29 is 4.79 Å². The summed E-state index contributed by atoms with van der Waals surface area (Å²) in [4.78, 5) is 14.7. The number of benzene rings is 2. The second kappa shape index (κ2) is 6.65. The van der Waals surface area contributed by atoms with Crippen LogP contribution in [0.15, 0.2) is 48.5 Å². The maximum atomic E-state index is 12.8. The molecule has 0 spiro atoms. The molecule has 0 aliphatic rings. The van der Waals surface area contributed by atoms with Crippen molar-refractivity contribution in [2.45, 2.75) is 20.3 Å². The minimum atomic E-state index is -0.0136. The molecule has 1 N–H and O–H groups in total. The molecule has 0 atom stereocenters. The predicted molar refractivity (Wildman–Crippen MR) is 92.6 cm³/mol. The molecule has 0 bridgehead atoms. The molecule has 2 aromatic carbocycles. The topological polar surface area (TPSA) is 49.0 Å². The van der Waals surface area contributed by atoms with Crippen LogP contribution in [0.4, 0.5) is 0 Å². The van der Waals surface area contributed by atoms with Crippen LogP contribution in [0.5, 0.6) is 0 Å². The van der Waals surface area contributed by atoms with Gasteiger partial charge in [-0.1, -0.05) is 42.0 Å². The molecular weight excluding hydrogens is 286 g/mol. The lowest BCUT2D eigenvalue weighted by molar-refractivity contribution is 0.0762. The molecule has 0 saturated carbocycles. The Hall–Kier alpha value is -2.62. The Bertz CT molecular complexity index is 808. The Balaban J connectivity index is 1.80.